The Balaban J connectivity index is 1.83. The fourth-order valence-corrected chi connectivity index (χ4v) is 3.11. The highest BCUT2D eigenvalue weighted by Gasteiger charge is 2.23. The number of nitro benzene ring substituents is 1. The highest BCUT2D eigenvalue weighted by Crippen LogP contribution is 2.39. The first-order valence-corrected chi connectivity index (χ1v) is 9.09. The van der Waals surface area contributed by atoms with E-state index in [0.29, 0.717) is 16.7 Å². The number of benzene rings is 3. The Labute approximate surface area is 170 Å². The number of hydrogen-bond acceptors (Lipinski definition) is 6. The van der Waals surface area contributed by atoms with E-state index >= 15 is 0 Å². The largest absolute Gasteiger partial charge is 0.493 e. The fourth-order valence-electron chi connectivity index (χ4n) is 3.11. The number of H-pyrrole nitrogens is 1. The van der Waals surface area contributed by atoms with Gasteiger partial charge in [-0.05, 0) is 17.7 Å². The molecule has 0 atom stereocenters. The molecule has 0 aliphatic heterocycles. The van der Waals surface area contributed by atoms with Crippen molar-refractivity contribution in [2.24, 2.45) is 0 Å². The van der Waals surface area contributed by atoms with E-state index in [1.165, 1.54) is 19.2 Å². The number of aromatic amines is 1. The molecule has 0 saturated carbocycles. The lowest BCUT2D eigenvalue weighted by molar-refractivity contribution is -0.384. The topological polar surface area (TPSA) is 107 Å². The van der Waals surface area contributed by atoms with Crippen LogP contribution < -0.4 is 15.0 Å². The Morgan fingerprint density at radius 2 is 1.77 bits per heavy atom. The van der Waals surface area contributed by atoms with Crippen LogP contribution in [0.1, 0.15) is 5.56 Å². The van der Waals surface area contributed by atoms with Gasteiger partial charge in [-0.1, -0.05) is 42.5 Å². The second-order valence-electron chi connectivity index (χ2n) is 6.48. The van der Waals surface area contributed by atoms with Gasteiger partial charge in [0.2, 0.25) is 0 Å². The lowest BCUT2D eigenvalue weighted by Gasteiger charge is -2.13. The summed E-state index contributed by atoms with van der Waals surface area (Å²) in [7, 11) is 1.41. The van der Waals surface area contributed by atoms with Gasteiger partial charge in [0.05, 0.1) is 34.6 Å². The predicted octanol–water partition coefficient (Wildman–Crippen LogP) is 4.09. The monoisotopic (exact) mass is 403 g/mol. The first kappa shape index (κ1) is 19.1. The summed E-state index contributed by atoms with van der Waals surface area (Å²) in [6.45, 7) is 0.246. The Morgan fingerprint density at radius 3 is 2.50 bits per heavy atom. The number of fused-ring (bicyclic) bond motifs is 1. The van der Waals surface area contributed by atoms with Crippen LogP contribution in [0.2, 0.25) is 0 Å². The van der Waals surface area contributed by atoms with Crippen LogP contribution in [0.3, 0.4) is 0 Å². The molecule has 0 spiro atoms. The van der Waals surface area contributed by atoms with Crippen LogP contribution in [-0.2, 0) is 6.61 Å². The van der Waals surface area contributed by atoms with Gasteiger partial charge in [-0.2, -0.15) is 0 Å². The van der Waals surface area contributed by atoms with E-state index in [4.69, 9.17) is 9.47 Å². The van der Waals surface area contributed by atoms with Crippen molar-refractivity contribution in [3.63, 3.8) is 0 Å². The van der Waals surface area contributed by atoms with Gasteiger partial charge in [0, 0.05) is 6.07 Å². The number of hydrogen-bond donors (Lipinski definition) is 1. The molecule has 0 fully saturated rings. The Kier molecular flexibility index (Phi) is 5.13. The zero-order valence-electron chi connectivity index (χ0n) is 16.0. The van der Waals surface area contributed by atoms with Gasteiger partial charge in [0.25, 0.3) is 11.2 Å². The van der Waals surface area contributed by atoms with Crippen molar-refractivity contribution in [3.8, 4) is 22.9 Å². The minimum Gasteiger partial charge on any atom is -0.493 e. The molecule has 4 rings (SSSR count). The molecule has 1 N–H and O–H groups in total. The van der Waals surface area contributed by atoms with E-state index < -0.39 is 4.92 Å². The third kappa shape index (κ3) is 3.70. The third-order valence-corrected chi connectivity index (χ3v) is 4.58. The van der Waals surface area contributed by atoms with Crippen LogP contribution in [-0.4, -0.2) is 22.0 Å². The average Bonchev–Trinajstić information content (AvgIpc) is 2.77. The van der Waals surface area contributed by atoms with E-state index in [2.05, 4.69) is 9.97 Å². The lowest BCUT2D eigenvalue weighted by atomic mass is 10.1. The van der Waals surface area contributed by atoms with E-state index in [0.717, 1.165) is 5.56 Å². The van der Waals surface area contributed by atoms with Crippen molar-refractivity contribution in [3.05, 3.63) is 92.8 Å². The SMILES string of the molecule is COc1cc([N+](=O)[O-])c(-c2nc3ccccc3c(=O)[nH]2)cc1OCc1ccccc1. The number of nitro groups is 1. The molecule has 8 nitrogen and oxygen atoms in total. The number of nitrogens with one attached hydrogen (secondary N) is 1. The molecule has 30 heavy (non-hydrogen) atoms. The first-order chi connectivity index (χ1) is 14.6. The van der Waals surface area contributed by atoms with Crippen LogP contribution in [0.5, 0.6) is 11.5 Å². The second kappa shape index (κ2) is 8.04. The maximum Gasteiger partial charge on any atom is 0.284 e. The molecule has 4 aromatic rings. The van der Waals surface area contributed by atoms with Crippen molar-refractivity contribution < 1.29 is 14.4 Å². The molecule has 1 heterocycles. The van der Waals surface area contributed by atoms with Gasteiger partial charge in [-0.3, -0.25) is 14.9 Å². The summed E-state index contributed by atoms with van der Waals surface area (Å²) >= 11 is 0. The summed E-state index contributed by atoms with van der Waals surface area (Å²) in [5.74, 6) is 0.597. The van der Waals surface area contributed by atoms with Gasteiger partial charge in [-0.15, -0.1) is 0 Å². The third-order valence-electron chi connectivity index (χ3n) is 4.58. The normalized spacial score (nSPS) is 10.7. The highest BCUT2D eigenvalue weighted by molar-refractivity contribution is 5.81. The van der Waals surface area contributed by atoms with E-state index in [-0.39, 0.29) is 35.0 Å². The Bertz CT molecular complexity index is 1290. The van der Waals surface area contributed by atoms with Crippen molar-refractivity contribution >= 4 is 16.6 Å². The number of rotatable bonds is 6. The molecule has 0 unspecified atom stereocenters. The fraction of sp³-hybridized carbons (Fsp3) is 0.0909. The minimum atomic E-state index is -0.548. The van der Waals surface area contributed by atoms with Crippen LogP contribution in [0.4, 0.5) is 5.69 Å². The maximum atomic E-state index is 12.5. The molecular formula is C22H17N3O5. The number of methoxy groups -OCH3 is 1. The van der Waals surface area contributed by atoms with Gasteiger partial charge < -0.3 is 14.5 Å². The number of para-hydroxylation sites is 1. The molecule has 0 aliphatic rings. The van der Waals surface area contributed by atoms with E-state index in [1.54, 1.807) is 24.3 Å². The summed E-state index contributed by atoms with van der Waals surface area (Å²) in [5.41, 5.74) is 0.862. The van der Waals surface area contributed by atoms with Crippen LogP contribution in [0.15, 0.2) is 71.5 Å². The maximum absolute atomic E-state index is 12.5. The quantitative estimate of drug-likeness (QED) is 0.384. The molecule has 0 bridgehead atoms. The van der Waals surface area contributed by atoms with Crippen LogP contribution >= 0.6 is 0 Å². The van der Waals surface area contributed by atoms with Gasteiger partial charge in [-0.25, -0.2) is 4.98 Å². The van der Waals surface area contributed by atoms with E-state index in [9.17, 15) is 14.9 Å². The summed E-state index contributed by atoms with van der Waals surface area (Å²) in [5, 5.41) is 12.1. The number of aromatic nitrogens is 2. The summed E-state index contributed by atoms with van der Waals surface area (Å²) in [6, 6.07) is 19.0. The average molecular weight is 403 g/mol. The van der Waals surface area contributed by atoms with Gasteiger partial charge >= 0.3 is 0 Å². The minimum absolute atomic E-state index is 0.0811. The van der Waals surface area contributed by atoms with Crippen molar-refractivity contribution in [2.45, 2.75) is 6.61 Å². The van der Waals surface area contributed by atoms with Crippen LogP contribution in [0, 0.1) is 10.1 Å². The first-order valence-electron chi connectivity index (χ1n) is 9.09. The summed E-state index contributed by atoms with van der Waals surface area (Å²) in [6.07, 6.45) is 0. The van der Waals surface area contributed by atoms with E-state index in [1.807, 2.05) is 30.3 Å². The molecule has 3 aromatic carbocycles. The predicted molar refractivity (Wildman–Crippen MR) is 112 cm³/mol. The second-order valence-corrected chi connectivity index (χ2v) is 6.48. The van der Waals surface area contributed by atoms with Crippen molar-refractivity contribution in [1.29, 1.82) is 0 Å². The zero-order chi connectivity index (χ0) is 21.1. The molecule has 0 saturated heterocycles. The molecule has 0 radical (unpaired) electrons. The van der Waals surface area contributed by atoms with Crippen molar-refractivity contribution in [2.75, 3.05) is 7.11 Å². The molecule has 0 aliphatic carbocycles. The van der Waals surface area contributed by atoms with Crippen molar-refractivity contribution in [1.82, 2.24) is 9.97 Å². The highest BCUT2D eigenvalue weighted by atomic mass is 16.6. The summed E-state index contributed by atoms with van der Waals surface area (Å²) < 4.78 is 11.1. The smallest absolute Gasteiger partial charge is 0.284 e. The standard InChI is InChI=1S/C22H17N3O5/c1-29-19-12-18(25(27)28)16(11-20(19)30-13-14-7-3-2-4-8-14)21-23-17-10-6-5-9-15(17)22(26)24-21/h2-12H,13H2,1H3,(H,23,24,26). The summed E-state index contributed by atoms with van der Waals surface area (Å²) in [4.78, 5) is 30.6. The Morgan fingerprint density at radius 1 is 1.03 bits per heavy atom. The van der Waals surface area contributed by atoms with Gasteiger partial charge in [0.15, 0.2) is 11.5 Å². The van der Waals surface area contributed by atoms with Gasteiger partial charge in [0.1, 0.15) is 12.4 Å². The molecule has 1 aromatic heterocycles. The number of ether oxygens (including phenoxy) is 2. The number of nitrogens with zero attached hydrogens (tertiary/aromatic N) is 2. The zero-order valence-corrected chi connectivity index (χ0v) is 16.0. The molecular weight excluding hydrogens is 386 g/mol. The molecule has 8 heteroatoms. The van der Waals surface area contributed by atoms with Crippen LogP contribution in [0.25, 0.3) is 22.3 Å². The lowest BCUT2D eigenvalue weighted by Crippen LogP contribution is -2.10. The Hall–Kier alpha value is -4.20. The molecule has 0 amide bonds. The molecule has 150 valence electrons.